The van der Waals surface area contributed by atoms with E-state index in [0.29, 0.717) is 5.82 Å². The molecule has 3 heterocycles. The zero-order valence-electron chi connectivity index (χ0n) is 14.1. The van der Waals surface area contributed by atoms with Gasteiger partial charge in [0.1, 0.15) is 10.6 Å². The fraction of sp³-hybridized carbons (Fsp3) is 0.316. The number of pyridine rings is 2. The van der Waals surface area contributed by atoms with Gasteiger partial charge in [-0.1, -0.05) is 12.8 Å². The number of anilines is 1. The van der Waals surface area contributed by atoms with Crippen LogP contribution < -0.4 is 5.73 Å². The van der Waals surface area contributed by atoms with Gasteiger partial charge in [0.15, 0.2) is 0 Å². The molecule has 0 aromatic carbocycles. The number of nitrogens with zero attached hydrogens (tertiary/aromatic N) is 3. The van der Waals surface area contributed by atoms with Crippen molar-refractivity contribution in [3.63, 3.8) is 0 Å². The van der Waals surface area contributed by atoms with Crippen molar-refractivity contribution in [2.24, 2.45) is 4.99 Å². The monoisotopic (exact) mass is 352 g/mol. The van der Waals surface area contributed by atoms with E-state index in [-0.39, 0.29) is 0 Å². The first kappa shape index (κ1) is 16.2. The van der Waals surface area contributed by atoms with Crippen LogP contribution in [0.2, 0.25) is 0 Å². The summed E-state index contributed by atoms with van der Waals surface area (Å²) in [5, 5.41) is 11.9. The standard InChI is InChI=1S/C19H20N4OS/c1-21-10-14-8-13(11-22-17(14)20)15-5-4-12-9-16(25-18(12)23-15)19(24)6-2-3-7-19/h4-5,8-11,24H,2-3,6-7H2,1H3,(H2,20,22). The molecule has 3 aromatic rings. The fourth-order valence-corrected chi connectivity index (χ4v) is 4.57. The first-order chi connectivity index (χ1) is 12.1. The SMILES string of the molecule is CN=Cc1cc(-c2ccc3cc(C4(O)CCCC4)sc3n2)cnc1N. The van der Waals surface area contributed by atoms with Crippen LogP contribution in [-0.2, 0) is 5.60 Å². The predicted molar refractivity (Wildman–Crippen MR) is 103 cm³/mol. The molecule has 1 saturated carbocycles. The molecule has 0 bridgehead atoms. The second-order valence-electron chi connectivity index (χ2n) is 6.53. The number of aliphatic hydroxyl groups is 1. The quantitative estimate of drug-likeness (QED) is 0.703. The zero-order valence-corrected chi connectivity index (χ0v) is 14.9. The number of hydrogen-bond donors (Lipinski definition) is 2. The summed E-state index contributed by atoms with van der Waals surface area (Å²) in [5.41, 5.74) is 7.75. The van der Waals surface area contributed by atoms with Crippen molar-refractivity contribution in [1.29, 1.82) is 0 Å². The van der Waals surface area contributed by atoms with Gasteiger partial charge in [-0.25, -0.2) is 9.97 Å². The largest absolute Gasteiger partial charge is 0.384 e. The van der Waals surface area contributed by atoms with Crippen molar-refractivity contribution >= 4 is 33.6 Å². The van der Waals surface area contributed by atoms with E-state index < -0.39 is 5.60 Å². The first-order valence-electron chi connectivity index (χ1n) is 8.40. The summed E-state index contributed by atoms with van der Waals surface area (Å²) in [7, 11) is 1.71. The predicted octanol–water partition coefficient (Wildman–Crippen LogP) is 3.75. The fourth-order valence-electron chi connectivity index (χ4n) is 3.39. The first-order valence-corrected chi connectivity index (χ1v) is 9.22. The third-order valence-corrected chi connectivity index (χ3v) is 6.02. The summed E-state index contributed by atoms with van der Waals surface area (Å²) in [4.78, 5) is 15.0. The number of aliphatic imine (C=N–C) groups is 1. The third kappa shape index (κ3) is 2.92. The van der Waals surface area contributed by atoms with E-state index in [1.807, 2.05) is 12.1 Å². The van der Waals surface area contributed by atoms with Crippen molar-refractivity contribution in [1.82, 2.24) is 9.97 Å². The van der Waals surface area contributed by atoms with Crippen LogP contribution >= 0.6 is 11.3 Å². The number of hydrogen-bond acceptors (Lipinski definition) is 6. The maximum atomic E-state index is 10.8. The average molecular weight is 352 g/mol. The van der Waals surface area contributed by atoms with E-state index in [1.54, 1.807) is 30.8 Å². The molecule has 25 heavy (non-hydrogen) atoms. The highest BCUT2D eigenvalue weighted by atomic mass is 32.1. The van der Waals surface area contributed by atoms with Crippen LogP contribution in [0.5, 0.6) is 0 Å². The molecular weight excluding hydrogens is 332 g/mol. The molecule has 4 rings (SSSR count). The van der Waals surface area contributed by atoms with Gasteiger partial charge >= 0.3 is 0 Å². The lowest BCUT2D eigenvalue weighted by atomic mass is 10.0. The average Bonchev–Trinajstić information content (AvgIpc) is 3.23. The van der Waals surface area contributed by atoms with Crippen LogP contribution in [-0.4, -0.2) is 28.3 Å². The van der Waals surface area contributed by atoms with Gasteiger partial charge in [-0.05, 0) is 37.1 Å². The van der Waals surface area contributed by atoms with Gasteiger partial charge in [0, 0.05) is 40.8 Å². The van der Waals surface area contributed by atoms with Gasteiger partial charge in [0.05, 0.1) is 11.3 Å². The molecule has 3 N–H and O–H groups in total. The molecule has 6 heteroatoms. The maximum Gasteiger partial charge on any atom is 0.132 e. The van der Waals surface area contributed by atoms with Crippen LogP contribution in [0.1, 0.15) is 36.1 Å². The number of thiophene rings is 1. The number of fused-ring (bicyclic) bond motifs is 1. The molecule has 0 radical (unpaired) electrons. The van der Waals surface area contributed by atoms with Gasteiger partial charge in [-0.2, -0.15) is 0 Å². The molecule has 128 valence electrons. The third-order valence-electron chi connectivity index (χ3n) is 4.79. The minimum atomic E-state index is -0.668. The molecule has 0 saturated heterocycles. The lowest BCUT2D eigenvalue weighted by molar-refractivity contribution is 0.0484. The molecule has 1 aliphatic rings. The Hall–Kier alpha value is -2.31. The molecule has 1 aliphatic carbocycles. The highest BCUT2D eigenvalue weighted by Gasteiger charge is 2.34. The number of nitrogens with two attached hydrogens (primary N) is 1. The Bertz CT molecular complexity index is 957. The van der Waals surface area contributed by atoms with E-state index in [9.17, 15) is 5.11 Å². The molecule has 0 aliphatic heterocycles. The second-order valence-corrected chi connectivity index (χ2v) is 7.56. The van der Waals surface area contributed by atoms with E-state index in [4.69, 9.17) is 10.7 Å². The van der Waals surface area contributed by atoms with Crippen molar-refractivity contribution < 1.29 is 5.11 Å². The Labute approximate surface area is 150 Å². The summed E-state index contributed by atoms with van der Waals surface area (Å²) >= 11 is 1.59. The summed E-state index contributed by atoms with van der Waals surface area (Å²) in [5.74, 6) is 0.456. The lowest BCUT2D eigenvalue weighted by Gasteiger charge is -2.19. The smallest absolute Gasteiger partial charge is 0.132 e. The molecular formula is C19H20N4OS. The summed E-state index contributed by atoms with van der Waals surface area (Å²) in [6.07, 6.45) is 7.28. The number of nitrogen functional groups attached to an aromatic ring is 1. The molecule has 5 nitrogen and oxygen atoms in total. The van der Waals surface area contributed by atoms with Crippen molar-refractivity contribution in [3.8, 4) is 11.3 Å². The normalized spacial score (nSPS) is 16.9. The molecule has 0 unspecified atom stereocenters. The van der Waals surface area contributed by atoms with Gasteiger partial charge in [0.25, 0.3) is 0 Å². The summed E-state index contributed by atoms with van der Waals surface area (Å²) in [6, 6.07) is 8.07. The zero-order chi connectivity index (χ0) is 17.4. The van der Waals surface area contributed by atoms with E-state index in [1.165, 1.54) is 0 Å². The van der Waals surface area contributed by atoms with Crippen LogP contribution in [0.25, 0.3) is 21.5 Å². The van der Waals surface area contributed by atoms with Crippen LogP contribution in [0.15, 0.2) is 35.5 Å². The Morgan fingerprint density at radius 1 is 1.28 bits per heavy atom. The number of rotatable bonds is 3. The van der Waals surface area contributed by atoms with E-state index in [2.05, 4.69) is 22.1 Å². The molecule has 0 atom stereocenters. The Morgan fingerprint density at radius 2 is 2.08 bits per heavy atom. The van der Waals surface area contributed by atoms with Crippen molar-refractivity contribution in [3.05, 3.63) is 40.9 Å². The van der Waals surface area contributed by atoms with Crippen molar-refractivity contribution in [2.75, 3.05) is 12.8 Å². The van der Waals surface area contributed by atoms with E-state index in [0.717, 1.165) is 57.6 Å². The number of aromatic nitrogens is 2. The second kappa shape index (κ2) is 6.20. The Morgan fingerprint density at radius 3 is 2.84 bits per heavy atom. The summed E-state index contributed by atoms with van der Waals surface area (Å²) in [6.45, 7) is 0. The highest BCUT2D eigenvalue weighted by Crippen LogP contribution is 2.43. The molecule has 1 fully saturated rings. The minimum absolute atomic E-state index is 0.456. The highest BCUT2D eigenvalue weighted by molar-refractivity contribution is 7.18. The lowest BCUT2D eigenvalue weighted by Crippen LogP contribution is -2.18. The van der Waals surface area contributed by atoms with Crippen LogP contribution in [0.3, 0.4) is 0 Å². The Kier molecular flexibility index (Phi) is 4.01. The van der Waals surface area contributed by atoms with Crippen LogP contribution in [0.4, 0.5) is 5.82 Å². The van der Waals surface area contributed by atoms with Gasteiger partial charge in [0.2, 0.25) is 0 Å². The van der Waals surface area contributed by atoms with Crippen molar-refractivity contribution in [2.45, 2.75) is 31.3 Å². The molecule has 0 spiro atoms. The minimum Gasteiger partial charge on any atom is -0.384 e. The topological polar surface area (TPSA) is 84.4 Å². The molecule has 0 amide bonds. The van der Waals surface area contributed by atoms with Gasteiger partial charge in [-0.3, -0.25) is 4.99 Å². The molecule has 3 aromatic heterocycles. The summed E-state index contributed by atoms with van der Waals surface area (Å²) < 4.78 is 0. The van der Waals surface area contributed by atoms with Gasteiger partial charge in [-0.15, -0.1) is 11.3 Å². The maximum absolute atomic E-state index is 10.8. The Balaban J connectivity index is 1.75. The van der Waals surface area contributed by atoms with Gasteiger partial charge < -0.3 is 10.8 Å². The van der Waals surface area contributed by atoms with Crippen LogP contribution in [0, 0.1) is 0 Å². The van der Waals surface area contributed by atoms with E-state index >= 15 is 0 Å².